The minimum absolute atomic E-state index is 0.669. The second-order valence-corrected chi connectivity index (χ2v) is 5.48. The first-order chi connectivity index (χ1) is 10.2. The van der Waals surface area contributed by atoms with Gasteiger partial charge in [0.15, 0.2) is 0 Å². The molecule has 0 spiro atoms. The van der Waals surface area contributed by atoms with Gasteiger partial charge in [0.25, 0.3) is 0 Å². The van der Waals surface area contributed by atoms with Gasteiger partial charge in [-0.1, -0.05) is 15.9 Å². The maximum Gasteiger partial charge on any atom is 0.142 e. The maximum atomic E-state index is 6.24. The number of ether oxygens (including phenoxy) is 1. The van der Waals surface area contributed by atoms with Gasteiger partial charge in [-0.2, -0.15) is 0 Å². The van der Waals surface area contributed by atoms with Crippen molar-refractivity contribution in [2.45, 2.75) is 0 Å². The van der Waals surface area contributed by atoms with E-state index in [4.69, 9.17) is 10.5 Å². The predicted molar refractivity (Wildman–Crippen MR) is 90.1 cm³/mol. The number of hydrogen-bond acceptors (Lipinski definition) is 4. The molecule has 0 radical (unpaired) electrons. The predicted octanol–water partition coefficient (Wildman–Crippen LogP) is 4.33. The second-order valence-electron chi connectivity index (χ2n) is 4.57. The van der Waals surface area contributed by atoms with E-state index in [1.54, 1.807) is 13.3 Å². The molecule has 2 aromatic carbocycles. The Balaban J connectivity index is 2.06. The summed E-state index contributed by atoms with van der Waals surface area (Å²) < 4.78 is 6.33. The van der Waals surface area contributed by atoms with Crippen molar-refractivity contribution in [2.75, 3.05) is 18.2 Å². The van der Waals surface area contributed by atoms with Crippen LogP contribution in [0.3, 0.4) is 0 Å². The number of pyridine rings is 1. The van der Waals surface area contributed by atoms with Gasteiger partial charge < -0.3 is 15.8 Å². The molecule has 1 aromatic heterocycles. The average molecular weight is 344 g/mol. The van der Waals surface area contributed by atoms with Gasteiger partial charge in [-0.15, -0.1) is 0 Å². The molecule has 4 nitrogen and oxygen atoms in total. The average Bonchev–Trinajstić information content (AvgIpc) is 2.51. The van der Waals surface area contributed by atoms with Crippen molar-refractivity contribution >= 4 is 43.9 Å². The largest absolute Gasteiger partial charge is 0.495 e. The number of anilines is 3. The Hall–Kier alpha value is -2.27. The first kappa shape index (κ1) is 13.7. The number of nitrogens with two attached hydrogens (primary N) is 1. The molecule has 0 aliphatic rings. The molecule has 3 aromatic rings. The fraction of sp³-hybridized carbons (Fsp3) is 0.0625. The lowest BCUT2D eigenvalue weighted by atomic mass is 10.1. The normalized spacial score (nSPS) is 10.6. The zero-order valence-corrected chi connectivity index (χ0v) is 13.0. The molecular weight excluding hydrogens is 330 g/mol. The van der Waals surface area contributed by atoms with Gasteiger partial charge in [0.2, 0.25) is 0 Å². The van der Waals surface area contributed by atoms with Gasteiger partial charge in [-0.3, -0.25) is 4.98 Å². The van der Waals surface area contributed by atoms with Crippen LogP contribution in [-0.2, 0) is 0 Å². The van der Waals surface area contributed by atoms with Crippen LogP contribution >= 0.6 is 15.9 Å². The summed E-state index contributed by atoms with van der Waals surface area (Å²) in [5.41, 5.74) is 9.46. The summed E-state index contributed by atoms with van der Waals surface area (Å²) in [6.07, 6.45) is 1.76. The minimum atomic E-state index is 0.669. The lowest BCUT2D eigenvalue weighted by Gasteiger charge is -2.14. The number of fused-ring (bicyclic) bond motifs is 1. The molecule has 0 saturated carbocycles. The van der Waals surface area contributed by atoms with E-state index in [0.717, 1.165) is 32.5 Å². The van der Waals surface area contributed by atoms with Gasteiger partial charge in [0, 0.05) is 16.1 Å². The number of nitrogens with zero attached hydrogens (tertiary/aromatic N) is 1. The molecule has 3 N–H and O–H groups in total. The highest BCUT2D eigenvalue weighted by molar-refractivity contribution is 9.10. The number of rotatable bonds is 3. The zero-order valence-electron chi connectivity index (χ0n) is 11.4. The van der Waals surface area contributed by atoms with Crippen LogP contribution in [0.25, 0.3) is 10.9 Å². The van der Waals surface area contributed by atoms with Crippen LogP contribution in [0.1, 0.15) is 0 Å². The van der Waals surface area contributed by atoms with E-state index < -0.39 is 0 Å². The van der Waals surface area contributed by atoms with Gasteiger partial charge in [-0.25, -0.2) is 0 Å². The lowest BCUT2D eigenvalue weighted by Crippen LogP contribution is -1.99. The Morgan fingerprint density at radius 1 is 1.14 bits per heavy atom. The van der Waals surface area contributed by atoms with Crippen LogP contribution in [0.4, 0.5) is 17.1 Å². The van der Waals surface area contributed by atoms with E-state index in [2.05, 4.69) is 26.2 Å². The fourth-order valence-corrected chi connectivity index (χ4v) is 2.57. The lowest BCUT2D eigenvalue weighted by molar-refractivity contribution is 0.417. The summed E-state index contributed by atoms with van der Waals surface area (Å²) in [7, 11) is 1.64. The fourth-order valence-electron chi connectivity index (χ4n) is 2.21. The Morgan fingerprint density at radius 3 is 2.81 bits per heavy atom. The van der Waals surface area contributed by atoms with E-state index in [9.17, 15) is 0 Å². The van der Waals surface area contributed by atoms with E-state index in [1.807, 2.05) is 42.5 Å². The highest BCUT2D eigenvalue weighted by Crippen LogP contribution is 2.34. The highest BCUT2D eigenvalue weighted by atomic mass is 79.9. The first-order valence-electron chi connectivity index (χ1n) is 6.43. The minimum Gasteiger partial charge on any atom is -0.495 e. The molecule has 0 bridgehead atoms. The number of nitrogen functional groups attached to an aromatic ring is 1. The van der Waals surface area contributed by atoms with Crippen molar-refractivity contribution in [1.29, 1.82) is 0 Å². The maximum absolute atomic E-state index is 6.24. The molecule has 0 aliphatic heterocycles. The highest BCUT2D eigenvalue weighted by Gasteiger charge is 2.08. The molecule has 0 unspecified atom stereocenters. The summed E-state index contributed by atoms with van der Waals surface area (Å²) in [4.78, 5) is 4.30. The molecule has 3 rings (SSSR count). The van der Waals surface area contributed by atoms with Crippen molar-refractivity contribution in [2.24, 2.45) is 0 Å². The van der Waals surface area contributed by atoms with E-state index in [1.165, 1.54) is 0 Å². The smallest absolute Gasteiger partial charge is 0.142 e. The Kier molecular flexibility index (Phi) is 3.66. The van der Waals surface area contributed by atoms with Crippen molar-refractivity contribution < 1.29 is 4.74 Å². The zero-order chi connectivity index (χ0) is 14.8. The number of nitrogens with one attached hydrogen (secondary N) is 1. The van der Waals surface area contributed by atoms with E-state index >= 15 is 0 Å². The molecule has 0 atom stereocenters. The number of methoxy groups -OCH3 is 1. The standard InChI is InChI=1S/C16H14BrN3O/c1-21-15-7-4-10(17)9-14(15)20-13-6-5-12-11(16(13)18)3-2-8-19-12/h2-9,20H,18H2,1H3. The molecule has 1 heterocycles. The molecule has 0 aliphatic carbocycles. The van der Waals surface area contributed by atoms with Gasteiger partial charge in [0.1, 0.15) is 5.75 Å². The molecule has 106 valence electrons. The van der Waals surface area contributed by atoms with Gasteiger partial charge >= 0.3 is 0 Å². The third kappa shape index (κ3) is 2.64. The summed E-state index contributed by atoms with van der Waals surface area (Å²) in [5, 5.41) is 4.24. The van der Waals surface area contributed by atoms with Crippen molar-refractivity contribution in [3.8, 4) is 5.75 Å². The SMILES string of the molecule is COc1ccc(Br)cc1Nc1ccc2ncccc2c1N. The van der Waals surface area contributed by atoms with E-state index in [0.29, 0.717) is 5.69 Å². The molecule has 0 fully saturated rings. The van der Waals surface area contributed by atoms with Crippen LogP contribution < -0.4 is 15.8 Å². The van der Waals surface area contributed by atoms with Gasteiger partial charge in [0.05, 0.1) is 29.7 Å². The summed E-state index contributed by atoms with van der Waals surface area (Å²) in [6.45, 7) is 0. The van der Waals surface area contributed by atoms with Crippen LogP contribution in [0.2, 0.25) is 0 Å². The Bertz CT molecular complexity index is 805. The topological polar surface area (TPSA) is 60.2 Å². The van der Waals surface area contributed by atoms with Crippen molar-refractivity contribution in [3.63, 3.8) is 0 Å². The number of halogens is 1. The molecule has 0 amide bonds. The third-order valence-electron chi connectivity index (χ3n) is 3.26. The monoisotopic (exact) mass is 343 g/mol. The number of hydrogen-bond donors (Lipinski definition) is 2. The molecule has 21 heavy (non-hydrogen) atoms. The van der Waals surface area contributed by atoms with Crippen LogP contribution in [0, 0.1) is 0 Å². The second kappa shape index (κ2) is 5.61. The summed E-state index contributed by atoms with van der Waals surface area (Å²) in [5.74, 6) is 0.754. The van der Waals surface area contributed by atoms with Crippen molar-refractivity contribution in [3.05, 3.63) is 53.1 Å². The van der Waals surface area contributed by atoms with Crippen molar-refractivity contribution in [1.82, 2.24) is 4.98 Å². The van der Waals surface area contributed by atoms with Crippen LogP contribution in [-0.4, -0.2) is 12.1 Å². The first-order valence-corrected chi connectivity index (χ1v) is 7.22. The molecule has 0 saturated heterocycles. The molecule has 5 heteroatoms. The number of benzene rings is 2. The Morgan fingerprint density at radius 2 is 2.00 bits per heavy atom. The summed E-state index contributed by atoms with van der Waals surface area (Å²) >= 11 is 3.46. The van der Waals surface area contributed by atoms with Gasteiger partial charge in [-0.05, 0) is 42.5 Å². The quantitative estimate of drug-likeness (QED) is 0.694. The Labute approximate surface area is 131 Å². The van der Waals surface area contributed by atoms with Crippen LogP contribution in [0.15, 0.2) is 53.1 Å². The van der Waals surface area contributed by atoms with E-state index in [-0.39, 0.29) is 0 Å². The number of aromatic nitrogens is 1. The summed E-state index contributed by atoms with van der Waals surface area (Å²) in [6, 6.07) is 13.5. The molecular formula is C16H14BrN3O. The third-order valence-corrected chi connectivity index (χ3v) is 3.75. The van der Waals surface area contributed by atoms with Crippen LogP contribution in [0.5, 0.6) is 5.75 Å².